The minimum Gasteiger partial charge on any atom is -0.465 e. The standard InChI is InChI=1S/C16H20N2O5/c1-16(2,3)23-15(21)18-12-7-11-9(6-13(12)19)5-10(8-17-11)14(20)22-4/h5,8,12H,6-7H2,1-4H3,(H,18,21)/t12-/m1/s1. The Kier molecular flexibility index (Phi) is 4.68. The highest BCUT2D eigenvalue weighted by Gasteiger charge is 2.30. The van der Waals surface area contributed by atoms with Crippen LogP contribution in [0, 0.1) is 0 Å². The van der Waals surface area contributed by atoms with Gasteiger partial charge in [-0.1, -0.05) is 0 Å². The van der Waals surface area contributed by atoms with E-state index in [0.717, 1.165) is 0 Å². The molecule has 7 nitrogen and oxygen atoms in total. The molecular weight excluding hydrogens is 300 g/mol. The van der Waals surface area contributed by atoms with Crippen LogP contribution in [0.2, 0.25) is 0 Å². The van der Waals surface area contributed by atoms with Crippen LogP contribution in [-0.4, -0.2) is 41.6 Å². The molecule has 1 amide bonds. The van der Waals surface area contributed by atoms with Crippen molar-refractivity contribution in [2.24, 2.45) is 0 Å². The van der Waals surface area contributed by atoms with Gasteiger partial charge in [-0.2, -0.15) is 0 Å². The molecule has 1 atom stereocenters. The van der Waals surface area contributed by atoms with Gasteiger partial charge in [0.05, 0.1) is 18.7 Å². The summed E-state index contributed by atoms with van der Waals surface area (Å²) in [5, 5.41) is 2.57. The van der Waals surface area contributed by atoms with E-state index in [1.165, 1.54) is 13.3 Å². The van der Waals surface area contributed by atoms with E-state index in [0.29, 0.717) is 16.8 Å². The summed E-state index contributed by atoms with van der Waals surface area (Å²) in [6, 6.07) is 0.935. The van der Waals surface area contributed by atoms with Crippen molar-refractivity contribution in [3.05, 3.63) is 29.1 Å². The number of methoxy groups -OCH3 is 1. The second-order valence-electron chi connectivity index (χ2n) is 6.37. The number of amides is 1. The highest BCUT2D eigenvalue weighted by molar-refractivity contribution is 5.93. The van der Waals surface area contributed by atoms with Crippen LogP contribution in [0.1, 0.15) is 42.4 Å². The molecule has 1 aliphatic carbocycles. The Morgan fingerprint density at radius 1 is 1.35 bits per heavy atom. The van der Waals surface area contributed by atoms with Crippen LogP contribution in [0.4, 0.5) is 4.79 Å². The number of ether oxygens (including phenoxy) is 2. The fourth-order valence-electron chi connectivity index (χ4n) is 2.30. The Morgan fingerprint density at radius 3 is 2.65 bits per heavy atom. The molecule has 0 saturated carbocycles. The lowest BCUT2D eigenvalue weighted by Crippen LogP contribution is -2.47. The van der Waals surface area contributed by atoms with Gasteiger partial charge in [-0.25, -0.2) is 9.59 Å². The third-order valence-corrected chi connectivity index (χ3v) is 3.32. The minimum absolute atomic E-state index is 0.105. The van der Waals surface area contributed by atoms with Crippen molar-refractivity contribution in [1.82, 2.24) is 10.3 Å². The minimum atomic E-state index is -0.672. The summed E-state index contributed by atoms with van der Waals surface area (Å²) >= 11 is 0. The molecule has 1 aromatic rings. The zero-order chi connectivity index (χ0) is 17.2. The van der Waals surface area contributed by atoms with Crippen molar-refractivity contribution in [2.75, 3.05) is 7.11 Å². The molecule has 1 aliphatic rings. The average Bonchev–Trinajstić information content (AvgIpc) is 2.44. The molecule has 1 aromatic heterocycles. The number of rotatable bonds is 2. The van der Waals surface area contributed by atoms with Gasteiger partial charge in [0.15, 0.2) is 5.78 Å². The monoisotopic (exact) mass is 320 g/mol. The van der Waals surface area contributed by atoms with Crippen molar-refractivity contribution in [2.45, 2.75) is 45.3 Å². The molecule has 0 bridgehead atoms. The number of aromatic nitrogens is 1. The SMILES string of the molecule is COC(=O)c1cnc2c(c1)CC(=O)[C@H](NC(=O)OC(C)(C)C)C2. The van der Waals surface area contributed by atoms with Gasteiger partial charge in [0.1, 0.15) is 5.60 Å². The van der Waals surface area contributed by atoms with Crippen molar-refractivity contribution in [3.63, 3.8) is 0 Å². The van der Waals surface area contributed by atoms with Crippen LogP contribution in [0.25, 0.3) is 0 Å². The molecule has 124 valence electrons. The van der Waals surface area contributed by atoms with Crippen molar-refractivity contribution in [3.8, 4) is 0 Å². The van der Waals surface area contributed by atoms with Crippen LogP contribution < -0.4 is 5.32 Å². The summed E-state index contributed by atoms with van der Waals surface area (Å²) < 4.78 is 9.79. The first-order valence-electron chi connectivity index (χ1n) is 7.28. The molecule has 1 heterocycles. The lowest BCUT2D eigenvalue weighted by atomic mass is 9.90. The zero-order valence-corrected chi connectivity index (χ0v) is 13.6. The third kappa shape index (κ3) is 4.28. The Labute approximate surface area is 134 Å². The van der Waals surface area contributed by atoms with Gasteiger partial charge in [0.25, 0.3) is 0 Å². The van der Waals surface area contributed by atoms with Crippen molar-refractivity contribution < 1.29 is 23.9 Å². The van der Waals surface area contributed by atoms with Gasteiger partial charge in [0.2, 0.25) is 0 Å². The van der Waals surface area contributed by atoms with E-state index in [4.69, 9.17) is 4.74 Å². The van der Waals surface area contributed by atoms with Gasteiger partial charge in [-0.05, 0) is 32.4 Å². The molecule has 0 unspecified atom stereocenters. The lowest BCUT2D eigenvalue weighted by molar-refractivity contribution is -0.120. The Morgan fingerprint density at radius 2 is 2.04 bits per heavy atom. The molecule has 0 fully saturated rings. The van der Waals surface area contributed by atoms with Gasteiger partial charge in [-0.3, -0.25) is 9.78 Å². The summed E-state index contributed by atoms with van der Waals surface area (Å²) in [7, 11) is 1.29. The van der Waals surface area contributed by atoms with Crippen LogP contribution >= 0.6 is 0 Å². The quantitative estimate of drug-likeness (QED) is 0.828. The lowest BCUT2D eigenvalue weighted by Gasteiger charge is -2.26. The maximum absolute atomic E-state index is 12.2. The molecule has 0 aromatic carbocycles. The van der Waals surface area contributed by atoms with Gasteiger partial charge < -0.3 is 14.8 Å². The van der Waals surface area contributed by atoms with Crippen LogP contribution in [0.3, 0.4) is 0 Å². The van der Waals surface area contributed by atoms with E-state index in [-0.39, 0.29) is 18.6 Å². The second-order valence-corrected chi connectivity index (χ2v) is 6.37. The third-order valence-electron chi connectivity index (χ3n) is 3.32. The van der Waals surface area contributed by atoms with Crippen LogP contribution in [0.5, 0.6) is 0 Å². The smallest absolute Gasteiger partial charge is 0.408 e. The molecule has 2 rings (SSSR count). The summed E-state index contributed by atoms with van der Waals surface area (Å²) in [6.45, 7) is 5.25. The number of esters is 1. The fourth-order valence-corrected chi connectivity index (χ4v) is 2.30. The first-order chi connectivity index (χ1) is 10.7. The largest absolute Gasteiger partial charge is 0.465 e. The zero-order valence-electron chi connectivity index (χ0n) is 13.6. The Balaban J connectivity index is 2.11. The van der Waals surface area contributed by atoms with Crippen molar-refractivity contribution in [1.29, 1.82) is 0 Å². The fraction of sp³-hybridized carbons (Fsp3) is 0.500. The van der Waals surface area contributed by atoms with E-state index in [2.05, 4.69) is 15.0 Å². The molecule has 0 radical (unpaired) electrons. The van der Waals surface area contributed by atoms with Gasteiger partial charge >= 0.3 is 12.1 Å². The number of ketones is 1. The average molecular weight is 320 g/mol. The van der Waals surface area contributed by atoms with E-state index in [9.17, 15) is 14.4 Å². The van der Waals surface area contributed by atoms with Gasteiger partial charge in [-0.15, -0.1) is 0 Å². The predicted molar refractivity (Wildman–Crippen MR) is 81.1 cm³/mol. The molecule has 7 heteroatoms. The van der Waals surface area contributed by atoms with E-state index in [1.807, 2.05) is 0 Å². The van der Waals surface area contributed by atoms with Gasteiger partial charge in [0, 0.05) is 24.7 Å². The summed E-state index contributed by atoms with van der Waals surface area (Å²) in [4.78, 5) is 39.7. The normalized spacial score (nSPS) is 17.2. The molecule has 0 aliphatic heterocycles. The number of pyridine rings is 1. The van der Waals surface area contributed by atoms with E-state index >= 15 is 0 Å². The molecule has 23 heavy (non-hydrogen) atoms. The Hall–Kier alpha value is -2.44. The first kappa shape index (κ1) is 16.9. The molecule has 0 saturated heterocycles. The number of alkyl carbamates (subject to hydrolysis) is 1. The summed E-state index contributed by atoms with van der Waals surface area (Å²) in [5.74, 6) is -0.645. The number of nitrogens with zero attached hydrogens (tertiary/aromatic N) is 1. The van der Waals surface area contributed by atoms with E-state index in [1.54, 1.807) is 26.8 Å². The number of fused-ring (bicyclic) bond motifs is 1. The van der Waals surface area contributed by atoms with Crippen LogP contribution in [-0.2, 0) is 27.1 Å². The maximum Gasteiger partial charge on any atom is 0.408 e. The van der Waals surface area contributed by atoms with E-state index < -0.39 is 23.7 Å². The molecular formula is C16H20N2O5. The molecule has 0 spiro atoms. The highest BCUT2D eigenvalue weighted by Crippen LogP contribution is 2.19. The summed E-state index contributed by atoms with van der Waals surface area (Å²) in [6.07, 6.45) is 1.15. The maximum atomic E-state index is 12.2. The van der Waals surface area contributed by atoms with Crippen molar-refractivity contribution >= 4 is 17.8 Å². The topological polar surface area (TPSA) is 94.6 Å². The number of Topliss-reactive ketones (excluding diaryl/α,β-unsaturated/α-hetero) is 1. The van der Waals surface area contributed by atoms with Crippen LogP contribution in [0.15, 0.2) is 12.3 Å². The number of nitrogens with one attached hydrogen (secondary N) is 1. The number of hydrogen-bond acceptors (Lipinski definition) is 6. The summed E-state index contributed by atoms with van der Waals surface area (Å²) in [5.41, 5.74) is 1.03. The number of hydrogen-bond donors (Lipinski definition) is 1. The number of carbonyl (C=O) groups is 3. The number of carbonyl (C=O) groups excluding carboxylic acids is 3. The highest BCUT2D eigenvalue weighted by atomic mass is 16.6. The Bertz CT molecular complexity index is 648. The predicted octanol–water partition coefficient (Wildman–Crippen LogP) is 1.43. The first-order valence-corrected chi connectivity index (χ1v) is 7.28. The second kappa shape index (κ2) is 6.36. The molecule has 1 N–H and O–H groups in total.